The van der Waals surface area contributed by atoms with Crippen LogP contribution in [0.15, 0.2) is 28.6 Å². The molecule has 0 unspecified atom stereocenters. The number of rotatable bonds is 3. The van der Waals surface area contributed by atoms with E-state index in [4.69, 9.17) is 0 Å². The minimum absolute atomic E-state index is 0.172. The highest BCUT2D eigenvalue weighted by atomic mass is 32.2. The predicted octanol–water partition coefficient (Wildman–Crippen LogP) is 3.11. The Labute approximate surface area is 118 Å². The maximum Gasteiger partial charge on any atom is 0.270 e. The molecule has 0 bridgehead atoms. The Morgan fingerprint density at radius 3 is 2.42 bits per heavy atom. The second-order valence-corrected chi connectivity index (χ2v) is 8.35. The number of fused-ring (bicyclic) bond motifs is 1. The van der Waals surface area contributed by atoms with Crippen molar-refractivity contribution in [2.45, 2.75) is 37.6 Å². The number of nitrogens with zero attached hydrogens (tertiary/aromatic N) is 2. The molecule has 0 spiro atoms. The van der Waals surface area contributed by atoms with E-state index in [1.165, 1.54) is 15.6 Å². The van der Waals surface area contributed by atoms with Crippen molar-refractivity contribution < 1.29 is 8.42 Å². The first-order valence-corrected chi connectivity index (χ1v) is 8.41. The van der Waals surface area contributed by atoms with E-state index in [0.717, 1.165) is 10.2 Å². The van der Waals surface area contributed by atoms with Crippen molar-refractivity contribution in [3.8, 4) is 0 Å². The van der Waals surface area contributed by atoms with E-state index in [0.29, 0.717) is 6.54 Å². The molecule has 1 aromatic heterocycles. The smallest absolute Gasteiger partial charge is 0.224 e. The number of hydrogen-bond donors (Lipinski definition) is 0. The van der Waals surface area contributed by atoms with E-state index < -0.39 is 15.6 Å². The Hall–Kier alpha value is -0.980. The quantitative estimate of drug-likeness (QED) is 0.875. The maximum absolute atomic E-state index is 12.7. The van der Waals surface area contributed by atoms with Gasteiger partial charge in [-0.05, 0) is 32.9 Å². The molecule has 1 heterocycles. The maximum atomic E-state index is 12.7. The van der Waals surface area contributed by atoms with E-state index in [2.05, 4.69) is 4.98 Å². The molecular weight excluding hydrogens is 280 g/mol. The Bertz CT molecular complexity index is 651. The minimum Gasteiger partial charge on any atom is -0.224 e. The summed E-state index contributed by atoms with van der Waals surface area (Å²) in [5.41, 5.74) is 0.280. The van der Waals surface area contributed by atoms with Crippen LogP contribution in [0, 0.1) is 0 Å². The summed E-state index contributed by atoms with van der Waals surface area (Å²) in [6.07, 6.45) is 0. The van der Waals surface area contributed by atoms with E-state index >= 15 is 0 Å². The number of thiazole rings is 1. The van der Waals surface area contributed by atoms with Crippen LogP contribution in [0.1, 0.15) is 27.7 Å². The van der Waals surface area contributed by atoms with Crippen molar-refractivity contribution in [1.82, 2.24) is 9.29 Å². The first kappa shape index (κ1) is 14.4. The number of hydrogen-bond acceptors (Lipinski definition) is 4. The summed E-state index contributed by atoms with van der Waals surface area (Å²) in [5, 5.41) is 0. The highest BCUT2D eigenvalue weighted by molar-refractivity contribution is 7.91. The second kappa shape index (κ2) is 4.85. The Kier molecular flexibility index (Phi) is 3.68. The summed E-state index contributed by atoms with van der Waals surface area (Å²) in [4.78, 5) is 4.26. The van der Waals surface area contributed by atoms with Gasteiger partial charge in [-0.15, -0.1) is 11.3 Å². The van der Waals surface area contributed by atoms with Crippen molar-refractivity contribution in [1.29, 1.82) is 0 Å². The molecule has 0 N–H and O–H groups in total. The van der Waals surface area contributed by atoms with Gasteiger partial charge in [0, 0.05) is 12.1 Å². The average molecular weight is 298 g/mol. The second-order valence-electron chi connectivity index (χ2n) is 5.29. The Morgan fingerprint density at radius 2 is 1.89 bits per heavy atom. The highest BCUT2D eigenvalue weighted by Crippen LogP contribution is 2.30. The molecule has 0 fully saturated rings. The van der Waals surface area contributed by atoms with Crippen LogP contribution in [-0.2, 0) is 10.0 Å². The van der Waals surface area contributed by atoms with Gasteiger partial charge in [-0.25, -0.2) is 13.4 Å². The zero-order chi connectivity index (χ0) is 14.3. The SMILES string of the molecule is CCN(C(C)(C)C)S(=O)(=O)c1nc2ccccc2s1. The molecule has 0 amide bonds. The number of benzene rings is 1. The minimum atomic E-state index is -3.53. The molecule has 2 aromatic rings. The van der Waals surface area contributed by atoms with E-state index in [1.54, 1.807) is 0 Å². The van der Waals surface area contributed by atoms with Crippen molar-refractivity contribution in [2.75, 3.05) is 6.54 Å². The fourth-order valence-electron chi connectivity index (χ4n) is 2.06. The lowest BCUT2D eigenvalue weighted by atomic mass is 10.1. The van der Waals surface area contributed by atoms with Crippen molar-refractivity contribution in [3.63, 3.8) is 0 Å². The molecule has 2 rings (SSSR count). The van der Waals surface area contributed by atoms with Gasteiger partial charge in [-0.3, -0.25) is 0 Å². The zero-order valence-corrected chi connectivity index (χ0v) is 13.2. The standard InChI is InChI=1S/C13H18N2O2S2/c1-5-15(13(2,3)4)19(16,17)12-14-10-8-6-7-9-11(10)18-12/h6-9H,5H2,1-4H3. The van der Waals surface area contributed by atoms with Gasteiger partial charge in [0.1, 0.15) is 0 Å². The normalized spacial score (nSPS) is 13.3. The first-order chi connectivity index (χ1) is 8.76. The van der Waals surface area contributed by atoms with Crippen molar-refractivity contribution in [3.05, 3.63) is 24.3 Å². The summed E-state index contributed by atoms with van der Waals surface area (Å²) < 4.78 is 27.9. The van der Waals surface area contributed by atoms with Crippen LogP contribution >= 0.6 is 11.3 Å². The molecule has 104 valence electrons. The lowest BCUT2D eigenvalue weighted by Crippen LogP contribution is -2.45. The van der Waals surface area contributed by atoms with Crippen molar-refractivity contribution in [2.24, 2.45) is 0 Å². The van der Waals surface area contributed by atoms with Crippen LogP contribution in [0.3, 0.4) is 0 Å². The lowest BCUT2D eigenvalue weighted by Gasteiger charge is -2.32. The van der Waals surface area contributed by atoms with Gasteiger partial charge >= 0.3 is 0 Å². The summed E-state index contributed by atoms with van der Waals surface area (Å²) >= 11 is 1.22. The van der Waals surface area contributed by atoms with Crippen LogP contribution in [0.25, 0.3) is 10.2 Å². The molecule has 0 saturated carbocycles. The predicted molar refractivity (Wildman–Crippen MR) is 78.9 cm³/mol. The van der Waals surface area contributed by atoms with Gasteiger partial charge in [-0.2, -0.15) is 4.31 Å². The summed E-state index contributed by atoms with van der Waals surface area (Å²) in [6, 6.07) is 7.47. The van der Waals surface area contributed by atoms with Gasteiger partial charge in [0.15, 0.2) is 0 Å². The molecule has 0 aliphatic heterocycles. The molecule has 6 heteroatoms. The fraction of sp³-hybridized carbons (Fsp3) is 0.462. The van der Waals surface area contributed by atoms with Crippen molar-refractivity contribution >= 4 is 31.6 Å². The largest absolute Gasteiger partial charge is 0.270 e. The third-order valence-electron chi connectivity index (χ3n) is 2.82. The Balaban J connectivity index is 2.55. The summed E-state index contributed by atoms with van der Waals surface area (Å²) in [5.74, 6) is 0. The topological polar surface area (TPSA) is 50.3 Å². The molecular formula is C13H18N2O2S2. The summed E-state index contributed by atoms with van der Waals surface area (Å²) in [6.45, 7) is 7.95. The lowest BCUT2D eigenvalue weighted by molar-refractivity contribution is 0.259. The summed E-state index contributed by atoms with van der Waals surface area (Å²) in [7, 11) is -3.53. The molecule has 0 aliphatic carbocycles. The number of sulfonamides is 1. The molecule has 4 nitrogen and oxygen atoms in total. The van der Waals surface area contributed by atoms with Crippen LogP contribution in [0.5, 0.6) is 0 Å². The molecule has 0 saturated heterocycles. The Morgan fingerprint density at radius 1 is 1.26 bits per heavy atom. The molecule has 0 aliphatic rings. The van der Waals surface area contributed by atoms with Crippen LogP contribution < -0.4 is 0 Å². The molecule has 19 heavy (non-hydrogen) atoms. The van der Waals surface area contributed by atoms with Gasteiger partial charge in [0.2, 0.25) is 4.34 Å². The van der Waals surface area contributed by atoms with Gasteiger partial charge in [0.25, 0.3) is 10.0 Å². The van der Waals surface area contributed by atoms with Crippen LogP contribution in [0.4, 0.5) is 0 Å². The highest BCUT2D eigenvalue weighted by Gasteiger charge is 2.34. The molecule has 0 atom stereocenters. The van der Waals surface area contributed by atoms with Gasteiger partial charge < -0.3 is 0 Å². The van der Waals surface area contributed by atoms with E-state index in [9.17, 15) is 8.42 Å². The van der Waals surface area contributed by atoms with Crippen LogP contribution in [-0.4, -0.2) is 29.8 Å². The van der Waals surface area contributed by atoms with Gasteiger partial charge in [0.05, 0.1) is 10.2 Å². The van der Waals surface area contributed by atoms with E-state index in [1.807, 2.05) is 52.0 Å². The van der Waals surface area contributed by atoms with Gasteiger partial charge in [-0.1, -0.05) is 19.1 Å². The average Bonchev–Trinajstić information content (AvgIpc) is 2.71. The number of aromatic nitrogens is 1. The van der Waals surface area contributed by atoms with E-state index in [-0.39, 0.29) is 4.34 Å². The zero-order valence-electron chi connectivity index (χ0n) is 11.5. The first-order valence-electron chi connectivity index (χ1n) is 6.15. The third-order valence-corrected chi connectivity index (χ3v) is 6.45. The molecule has 0 radical (unpaired) electrons. The molecule has 1 aromatic carbocycles. The monoisotopic (exact) mass is 298 g/mol. The van der Waals surface area contributed by atoms with Crippen LogP contribution in [0.2, 0.25) is 0 Å². The third kappa shape index (κ3) is 2.66. The fourth-order valence-corrected chi connectivity index (χ4v) is 5.18. The number of para-hydroxylation sites is 1.